The summed E-state index contributed by atoms with van der Waals surface area (Å²) < 4.78 is 5.39. The predicted octanol–water partition coefficient (Wildman–Crippen LogP) is 1.20. The third kappa shape index (κ3) is 4.25. The molecular weight excluding hydrogens is 312 g/mol. The van der Waals surface area contributed by atoms with Crippen molar-refractivity contribution in [3.05, 3.63) is 17.0 Å². The molecule has 1 aliphatic rings. The molecule has 134 valence electrons. The van der Waals surface area contributed by atoms with Crippen LogP contribution in [-0.2, 0) is 17.7 Å². The van der Waals surface area contributed by atoms with Gasteiger partial charge in [0.2, 0.25) is 0 Å². The SMILES string of the molecule is CCC(CO)NC(=O)c1n[nH]c2c1CN(C(=O)OC(C)(C)C)CC2. The van der Waals surface area contributed by atoms with E-state index in [-0.39, 0.29) is 30.8 Å². The molecule has 0 aliphatic carbocycles. The summed E-state index contributed by atoms with van der Waals surface area (Å²) in [6.45, 7) is 7.99. The Kier molecular flexibility index (Phi) is 5.48. The minimum Gasteiger partial charge on any atom is -0.444 e. The van der Waals surface area contributed by atoms with Gasteiger partial charge in [0.25, 0.3) is 5.91 Å². The second kappa shape index (κ2) is 7.21. The highest BCUT2D eigenvalue weighted by Crippen LogP contribution is 2.22. The maximum atomic E-state index is 12.4. The number of H-pyrrole nitrogens is 1. The molecule has 24 heavy (non-hydrogen) atoms. The molecule has 2 rings (SSSR count). The monoisotopic (exact) mass is 338 g/mol. The van der Waals surface area contributed by atoms with Gasteiger partial charge in [-0.3, -0.25) is 9.89 Å². The first kappa shape index (κ1) is 18.3. The lowest BCUT2D eigenvalue weighted by Gasteiger charge is -2.30. The number of hydrogen-bond donors (Lipinski definition) is 3. The fourth-order valence-electron chi connectivity index (χ4n) is 2.50. The molecule has 0 spiro atoms. The molecule has 0 bridgehead atoms. The highest BCUT2D eigenvalue weighted by Gasteiger charge is 2.30. The summed E-state index contributed by atoms with van der Waals surface area (Å²) in [4.78, 5) is 26.2. The zero-order chi connectivity index (χ0) is 17.9. The van der Waals surface area contributed by atoms with E-state index in [2.05, 4.69) is 15.5 Å². The van der Waals surface area contributed by atoms with Crippen molar-refractivity contribution in [1.82, 2.24) is 20.4 Å². The number of aromatic nitrogens is 2. The number of fused-ring (bicyclic) bond motifs is 1. The maximum Gasteiger partial charge on any atom is 0.410 e. The van der Waals surface area contributed by atoms with Gasteiger partial charge in [0.05, 0.1) is 19.2 Å². The quantitative estimate of drug-likeness (QED) is 0.765. The van der Waals surface area contributed by atoms with E-state index in [1.807, 2.05) is 27.7 Å². The van der Waals surface area contributed by atoms with Crippen LogP contribution in [0.25, 0.3) is 0 Å². The predicted molar refractivity (Wildman–Crippen MR) is 87.6 cm³/mol. The third-order valence-corrected chi connectivity index (χ3v) is 3.85. The molecule has 0 saturated heterocycles. The molecule has 1 aromatic heterocycles. The largest absolute Gasteiger partial charge is 0.444 e. The highest BCUT2D eigenvalue weighted by molar-refractivity contribution is 5.94. The van der Waals surface area contributed by atoms with Gasteiger partial charge < -0.3 is 20.1 Å². The summed E-state index contributed by atoms with van der Waals surface area (Å²) in [5.74, 6) is -0.348. The summed E-state index contributed by atoms with van der Waals surface area (Å²) >= 11 is 0. The molecule has 2 heterocycles. The minimum absolute atomic E-state index is 0.126. The average molecular weight is 338 g/mol. The molecule has 0 radical (unpaired) electrons. The molecule has 8 heteroatoms. The van der Waals surface area contributed by atoms with Crippen LogP contribution in [0, 0.1) is 0 Å². The van der Waals surface area contributed by atoms with Gasteiger partial charge in [-0.25, -0.2) is 4.79 Å². The maximum absolute atomic E-state index is 12.4. The van der Waals surface area contributed by atoms with Gasteiger partial charge in [-0.15, -0.1) is 0 Å². The van der Waals surface area contributed by atoms with Crippen LogP contribution in [0.15, 0.2) is 0 Å². The number of amides is 2. The lowest BCUT2D eigenvalue weighted by Crippen LogP contribution is -2.41. The highest BCUT2D eigenvalue weighted by atomic mass is 16.6. The van der Waals surface area contributed by atoms with E-state index in [0.29, 0.717) is 24.9 Å². The van der Waals surface area contributed by atoms with Crippen LogP contribution in [0.3, 0.4) is 0 Å². The summed E-state index contributed by atoms with van der Waals surface area (Å²) in [6, 6.07) is -0.310. The summed E-state index contributed by atoms with van der Waals surface area (Å²) in [5, 5.41) is 18.9. The number of ether oxygens (including phenoxy) is 1. The molecule has 1 atom stereocenters. The zero-order valence-corrected chi connectivity index (χ0v) is 14.7. The lowest BCUT2D eigenvalue weighted by molar-refractivity contribution is 0.0222. The summed E-state index contributed by atoms with van der Waals surface area (Å²) in [5.41, 5.74) is 1.27. The van der Waals surface area contributed by atoms with E-state index in [0.717, 1.165) is 5.69 Å². The first-order valence-electron chi connectivity index (χ1n) is 8.21. The topological polar surface area (TPSA) is 108 Å². The smallest absolute Gasteiger partial charge is 0.410 e. The van der Waals surface area contributed by atoms with Crippen molar-refractivity contribution in [2.75, 3.05) is 13.2 Å². The average Bonchev–Trinajstić information content (AvgIpc) is 2.93. The van der Waals surface area contributed by atoms with Crippen molar-refractivity contribution in [3.8, 4) is 0 Å². The number of aromatic amines is 1. The summed E-state index contributed by atoms with van der Waals surface area (Å²) in [7, 11) is 0. The fraction of sp³-hybridized carbons (Fsp3) is 0.688. The molecule has 1 aromatic rings. The van der Waals surface area contributed by atoms with Crippen LogP contribution < -0.4 is 5.32 Å². The number of carbonyl (C=O) groups excluding carboxylic acids is 2. The van der Waals surface area contributed by atoms with Gasteiger partial charge in [0.1, 0.15) is 5.60 Å². The van der Waals surface area contributed by atoms with Gasteiger partial charge in [-0.1, -0.05) is 6.92 Å². The first-order chi connectivity index (χ1) is 11.2. The molecule has 0 aromatic carbocycles. The number of nitrogens with one attached hydrogen (secondary N) is 2. The zero-order valence-electron chi connectivity index (χ0n) is 14.7. The number of aliphatic hydroxyl groups excluding tert-OH is 1. The van der Waals surface area contributed by atoms with E-state index in [9.17, 15) is 14.7 Å². The molecule has 0 saturated carbocycles. The Bertz CT molecular complexity index is 602. The van der Waals surface area contributed by atoms with E-state index in [1.54, 1.807) is 4.90 Å². The van der Waals surface area contributed by atoms with Crippen molar-refractivity contribution in [2.24, 2.45) is 0 Å². The number of rotatable bonds is 4. The van der Waals surface area contributed by atoms with E-state index in [1.165, 1.54) is 0 Å². The van der Waals surface area contributed by atoms with Gasteiger partial charge in [0, 0.05) is 24.2 Å². The molecule has 2 amide bonds. The van der Waals surface area contributed by atoms with Crippen LogP contribution in [0.5, 0.6) is 0 Å². The molecule has 1 aliphatic heterocycles. The van der Waals surface area contributed by atoms with Crippen LogP contribution in [-0.4, -0.2) is 57.0 Å². The second-order valence-corrected chi connectivity index (χ2v) is 6.94. The second-order valence-electron chi connectivity index (χ2n) is 6.94. The van der Waals surface area contributed by atoms with Gasteiger partial charge in [-0.2, -0.15) is 5.10 Å². The normalized spacial score (nSPS) is 15.6. The molecule has 8 nitrogen and oxygen atoms in total. The Morgan fingerprint density at radius 1 is 1.46 bits per heavy atom. The fourth-order valence-corrected chi connectivity index (χ4v) is 2.50. The standard InChI is InChI=1S/C16H26N4O4/c1-5-10(9-21)17-14(22)13-11-8-20(7-6-12(11)18-19-13)15(23)24-16(2,3)4/h10,21H,5-9H2,1-4H3,(H,17,22)(H,18,19). The van der Waals surface area contributed by atoms with Crippen molar-refractivity contribution in [3.63, 3.8) is 0 Å². The number of nitrogens with zero attached hydrogens (tertiary/aromatic N) is 2. The Morgan fingerprint density at radius 3 is 2.75 bits per heavy atom. The van der Waals surface area contributed by atoms with Crippen molar-refractivity contribution in [2.45, 2.75) is 58.7 Å². The molecular formula is C16H26N4O4. The third-order valence-electron chi connectivity index (χ3n) is 3.85. The lowest BCUT2D eigenvalue weighted by atomic mass is 10.0. The van der Waals surface area contributed by atoms with Crippen LogP contribution in [0.2, 0.25) is 0 Å². The summed E-state index contributed by atoms with van der Waals surface area (Å²) in [6.07, 6.45) is 0.813. The van der Waals surface area contributed by atoms with E-state index < -0.39 is 11.7 Å². The Hall–Kier alpha value is -2.09. The van der Waals surface area contributed by atoms with Gasteiger partial charge in [-0.05, 0) is 27.2 Å². The van der Waals surface area contributed by atoms with Gasteiger partial charge >= 0.3 is 6.09 Å². The first-order valence-corrected chi connectivity index (χ1v) is 8.21. The number of aliphatic hydroxyl groups is 1. The Morgan fingerprint density at radius 2 is 2.17 bits per heavy atom. The van der Waals surface area contributed by atoms with Crippen molar-refractivity contribution < 1.29 is 19.4 Å². The molecule has 1 unspecified atom stereocenters. The van der Waals surface area contributed by atoms with E-state index >= 15 is 0 Å². The molecule has 3 N–H and O–H groups in total. The van der Waals surface area contributed by atoms with Crippen LogP contribution in [0.4, 0.5) is 4.79 Å². The Labute approximate surface area is 141 Å². The Balaban J connectivity index is 2.12. The molecule has 0 fully saturated rings. The van der Waals surface area contributed by atoms with Crippen LogP contribution in [0.1, 0.15) is 55.9 Å². The minimum atomic E-state index is -0.566. The van der Waals surface area contributed by atoms with Gasteiger partial charge in [0.15, 0.2) is 5.69 Å². The number of hydrogen-bond acceptors (Lipinski definition) is 5. The van der Waals surface area contributed by atoms with Crippen molar-refractivity contribution >= 4 is 12.0 Å². The van der Waals surface area contributed by atoms with Crippen LogP contribution >= 0.6 is 0 Å². The van der Waals surface area contributed by atoms with E-state index in [4.69, 9.17) is 4.74 Å². The van der Waals surface area contributed by atoms with Crippen molar-refractivity contribution in [1.29, 1.82) is 0 Å². The number of carbonyl (C=O) groups is 2.